The normalized spacial score (nSPS) is 11.2. The second-order valence-electron chi connectivity index (χ2n) is 3.34. The molecule has 1 rings (SSSR count). The summed E-state index contributed by atoms with van der Waals surface area (Å²) in [5.74, 6) is -0.345. The lowest BCUT2D eigenvalue weighted by atomic mass is 10.2. The monoisotopic (exact) mass is 231 g/mol. The van der Waals surface area contributed by atoms with E-state index in [2.05, 4.69) is 5.32 Å². The SMILES string of the molecule is O=C(NCCCC(F)(F)F)c1ccccc1. The molecule has 0 spiro atoms. The van der Waals surface area contributed by atoms with Crippen LogP contribution in [0.4, 0.5) is 13.2 Å². The second kappa shape index (κ2) is 5.53. The fourth-order valence-electron chi connectivity index (χ4n) is 1.18. The first kappa shape index (κ1) is 12.5. The minimum Gasteiger partial charge on any atom is -0.352 e. The Hall–Kier alpha value is -1.52. The van der Waals surface area contributed by atoms with Gasteiger partial charge in [0.2, 0.25) is 0 Å². The summed E-state index contributed by atoms with van der Waals surface area (Å²) in [7, 11) is 0. The Bertz CT molecular complexity index is 335. The lowest BCUT2D eigenvalue weighted by Crippen LogP contribution is -2.25. The topological polar surface area (TPSA) is 29.1 Å². The third kappa shape index (κ3) is 4.82. The van der Waals surface area contributed by atoms with Crippen molar-refractivity contribution in [3.63, 3.8) is 0 Å². The Morgan fingerprint density at radius 3 is 2.38 bits per heavy atom. The van der Waals surface area contributed by atoms with Gasteiger partial charge in [-0.3, -0.25) is 4.79 Å². The summed E-state index contributed by atoms with van der Waals surface area (Å²) in [4.78, 5) is 11.4. The number of carbonyl (C=O) groups excluding carboxylic acids is 1. The fraction of sp³-hybridized carbons (Fsp3) is 0.364. The van der Waals surface area contributed by atoms with E-state index >= 15 is 0 Å². The van der Waals surface area contributed by atoms with E-state index in [4.69, 9.17) is 0 Å². The van der Waals surface area contributed by atoms with Crippen LogP contribution in [0.15, 0.2) is 30.3 Å². The Kier molecular flexibility index (Phi) is 4.34. The van der Waals surface area contributed by atoms with Crippen LogP contribution in [-0.2, 0) is 0 Å². The average Bonchev–Trinajstić information content (AvgIpc) is 2.24. The molecule has 16 heavy (non-hydrogen) atoms. The molecule has 5 heteroatoms. The number of hydrogen-bond donors (Lipinski definition) is 1. The first-order valence-electron chi connectivity index (χ1n) is 4.89. The molecule has 1 amide bonds. The molecule has 0 saturated carbocycles. The van der Waals surface area contributed by atoms with E-state index in [1.807, 2.05) is 0 Å². The molecule has 0 aliphatic heterocycles. The highest BCUT2D eigenvalue weighted by molar-refractivity contribution is 5.94. The molecular formula is C11H12F3NO. The van der Waals surface area contributed by atoms with Crippen LogP contribution in [0.3, 0.4) is 0 Å². The number of alkyl halides is 3. The Morgan fingerprint density at radius 2 is 1.81 bits per heavy atom. The van der Waals surface area contributed by atoms with Crippen LogP contribution in [-0.4, -0.2) is 18.6 Å². The molecule has 2 nitrogen and oxygen atoms in total. The summed E-state index contributed by atoms with van der Waals surface area (Å²) < 4.78 is 35.4. The van der Waals surface area contributed by atoms with Crippen LogP contribution < -0.4 is 5.32 Å². The Labute approximate surface area is 91.5 Å². The van der Waals surface area contributed by atoms with Gasteiger partial charge in [-0.2, -0.15) is 13.2 Å². The van der Waals surface area contributed by atoms with Gasteiger partial charge in [0.25, 0.3) is 5.91 Å². The van der Waals surface area contributed by atoms with Crippen molar-refractivity contribution in [1.82, 2.24) is 5.32 Å². The zero-order valence-corrected chi connectivity index (χ0v) is 8.55. The quantitative estimate of drug-likeness (QED) is 0.793. The lowest BCUT2D eigenvalue weighted by molar-refractivity contribution is -0.135. The number of hydrogen-bond acceptors (Lipinski definition) is 1. The molecule has 1 aromatic carbocycles. The molecule has 0 atom stereocenters. The number of benzene rings is 1. The Balaban J connectivity index is 2.27. The summed E-state index contributed by atoms with van der Waals surface area (Å²) in [5, 5.41) is 2.43. The largest absolute Gasteiger partial charge is 0.389 e. The highest BCUT2D eigenvalue weighted by atomic mass is 19.4. The highest BCUT2D eigenvalue weighted by Crippen LogP contribution is 2.20. The van der Waals surface area contributed by atoms with E-state index in [-0.39, 0.29) is 18.9 Å². The molecule has 1 aromatic rings. The van der Waals surface area contributed by atoms with Gasteiger partial charge in [0.1, 0.15) is 0 Å². The fourth-order valence-corrected chi connectivity index (χ4v) is 1.18. The molecule has 0 heterocycles. The summed E-state index contributed by atoms with van der Waals surface area (Å²) in [6.45, 7) is 0.0350. The van der Waals surface area contributed by atoms with Crippen molar-refractivity contribution in [3.05, 3.63) is 35.9 Å². The Morgan fingerprint density at radius 1 is 1.19 bits per heavy atom. The number of halogens is 3. The van der Waals surface area contributed by atoms with Gasteiger partial charge < -0.3 is 5.32 Å². The number of rotatable bonds is 4. The predicted molar refractivity (Wildman–Crippen MR) is 54.1 cm³/mol. The van der Waals surface area contributed by atoms with Crippen molar-refractivity contribution in [1.29, 1.82) is 0 Å². The van der Waals surface area contributed by atoms with Crippen molar-refractivity contribution in [2.24, 2.45) is 0 Å². The summed E-state index contributed by atoms with van der Waals surface area (Å²) in [6.07, 6.45) is -5.12. The summed E-state index contributed by atoms with van der Waals surface area (Å²) >= 11 is 0. The van der Waals surface area contributed by atoms with E-state index in [9.17, 15) is 18.0 Å². The smallest absolute Gasteiger partial charge is 0.352 e. The first-order chi connectivity index (χ1) is 7.49. The van der Waals surface area contributed by atoms with Crippen molar-refractivity contribution >= 4 is 5.91 Å². The number of amides is 1. The first-order valence-corrected chi connectivity index (χ1v) is 4.89. The molecule has 0 aliphatic carbocycles. The summed E-state index contributed by atoms with van der Waals surface area (Å²) in [5.41, 5.74) is 0.453. The predicted octanol–water partition coefficient (Wildman–Crippen LogP) is 2.76. The van der Waals surface area contributed by atoms with Crippen LogP contribution in [0.2, 0.25) is 0 Å². The van der Waals surface area contributed by atoms with Crippen molar-refractivity contribution in [2.45, 2.75) is 19.0 Å². The van der Waals surface area contributed by atoms with Gasteiger partial charge in [-0.15, -0.1) is 0 Å². The second-order valence-corrected chi connectivity index (χ2v) is 3.34. The molecule has 0 aliphatic rings. The van der Waals surface area contributed by atoms with E-state index in [0.29, 0.717) is 5.56 Å². The van der Waals surface area contributed by atoms with E-state index < -0.39 is 12.6 Å². The van der Waals surface area contributed by atoms with Crippen molar-refractivity contribution < 1.29 is 18.0 Å². The zero-order chi connectivity index (χ0) is 12.0. The minimum absolute atomic E-state index is 0.0350. The number of nitrogens with one attached hydrogen (secondary N) is 1. The molecule has 0 unspecified atom stereocenters. The maximum Gasteiger partial charge on any atom is 0.389 e. The number of carbonyl (C=O) groups is 1. The van der Waals surface area contributed by atoms with Gasteiger partial charge in [0.15, 0.2) is 0 Å². The maximum atomic E-state index is 11.8. The van der Waals surface area contributed by atoms with Crippen LogP contribution >= 0.6 is 0 Å². The van der Waals surface area contributed by atoms with E-state index in [1.165, 1.54) is 0 Å². The van der Waals surface area contributed by atoms with Gasteiger partial charge in [-0.1, -0.05) is 18.2 Å². The third-order valence-electron chi connectivity index (χ3n) is 1.96. The third-order valence-corrected chi connectivity index (χ3v) is 1.96. The van der Waals surface area contributed by atoms with Crippen LogP contribution in [0.5, 0.6) is 0 Å². The molecular weight excluding hydrogens is 219 g/mol. The average molecular weight is 231 g/mol. The lowest BCUT2D eigenvalue weighted by Gasteiger charge is -2.07. The van der Waals surface area contributed by atoms with E-state index in [0.717, 1.165) is 0 Å². The van der Waals surface area contributed by atoms with Crippen LogP contribution in [0.25, 0.3) is 0 Å². The minimum atomic E-state index is -4.16. The molecule has 0 radical (unpaired) electrons. The van der Waals surface area contributed by atoms with Gasteiger partial charge >= 0.3 is 6.18 Å². The maximum absolute atomic E-state index is 11.8. The molecule has 88 valence electrons. The van der Waals surface area contributed by atoms with Gasteiger partial charge in [0, 0.05) is 18.5 Å². The molecule has 1 N–H and O–H groups in total. The zero-order valence-electron chi connectivity index (χ0n) is 8.55. The molecule has 0 bridgehead atoms. The van der Waals surface area contributed by atoms with Gasteiger partial charge in [-0.25, -0.2) is 0 Å². The molecule has 0 fully saturated rings. The van der Waals surface area contributed by atoms with Crippen molar-refractivity contribution in [2.75, 3.05) is 6.54 Å². The van der Waals surface area contributed by atoms with Crippen molar-refractivity contribution in [3.8, 4) is 0 Å². The van der Waals surface area contributed by atoms with E-state index in [1.54, 1.807) is 30.3 Å². The standard InChI is InChI=1S/C11H12F3NO/c12-11(13,14)7-4-8-15-10(16)9-5-2-1-3-6-9/h1-3,5-6H,4,7-8H2,(H,15,16). The molecule has 0 saturated heterocycles. The summed E-state index contributed by atoms with van der Waals surface area (Å²) in [6, 6.07) is 8.38. The molecule has 0 aromatic heterocycles. The van der Waals surface area contributed by atoms with Crippen LogP contribution in [0.1, 0.15) is 23.2 Å². The highest BCUT2D eigenvalue weighted by Gasteiger charge is 2.25. The van der Waals surface area contributed by atoms with Crippen LogP contribution in [0, 0.1) is 0 Å². The van der Waals surface area contributed by atoms with Gasteiger partial charge in [-0.05, 0) is 18.6 Å². The van der Waals surface area contributed by atoms with Gasteiger partial charge in [0.05, 0.1) is 0 Å².